The molecular weight excluding hydrogens is 242 g/mol. The van der Waals surface area contributed by atoms with Crippen LogP contribution in [0, 0.1) is 5.92 Å². The molecule has 0 aliphatic rings. The molecule has 1 amide bonds. The molecule has 0 spiro atoms. The number of aryl methyl sites for hydroxylation is 1. The minimum Gasteiger partial charge on any atom is -0.344 e. The van der Waals surface area contributed by atoms with Crippen molar-refractivity contribution in [2.45, 2.75) is 26.4 Å². The van der Waals surface area contributed by atoms with Gasteiger partial charge in [0.15, 0.2) is 0 Å². The summed E-state index contributed by atoms with van der Waals surface area (Å²) in [6.45, 7) is 4.35. The van der Waals surface area contributed by atoms with Crippen molar-refractivity contribution in [3.05, 3.63) is 36.7 Å². The molecule has 102 valence electrons. The van der Waals surface area contributed by atoms with E-state index in [0.717, 1.165) is 5.82 Å². The van der Waals surface area contributed by atoms with Crippen LogP contribution in [0.25, 0.3) is 0 Å². The van der Waals surface area contributed by atoms with Gasteiger partial charge in [-0.1, -0.05) is 13.8 Å². The molecule has 19 heavy (non-hydrogen) atoms. The lowest BCUT2D eigenvalue weighted by Gasteiger charge is -2.22. The maximum absolute atomic E-state index is 12.0. The molecular formula is C13H19N5O. The highest BCUT2D eigenvalue weighted by molar-refractivity contribution is 5.76. The van der Waals surface area contributed by atoms with Crippen LogP contribution in [0.3, 0.4) is 0 Å². The van der Waals surface area contributed by atoms with Crippen molar-refractivity contribution in [3.63, 3.8) is 0 Å². The molecule has 0 saturated heterocycles. The Morgan fingerprint density at radius 2 is 2.16 bits per heavy atom. The van der Waals surface area contributed by atoms with Crippen molar-refractivity contribution in [2.75, 3.05) is 0 Å². The predicted octanol–water partition coefficient (Wildman–Crippen LogP) is 1.13. The van der Waals surface area contributed by atoms with E-state index in [1.54, 1.807) is 29.3 Å². The van der Waals surface area contributed by atoms with Gasteiger partial charge < -0.3 is 9.88 Å². The Morgan fingerprint density at radius 1 is 1.37 bits per heavy atom. The lowest BCUT2D eigenvalue weighted by Crippen LogP contribution is -2.35. The van der Waals surface area contributed by atoms with Gasteiger partial charge in [0.25, 0.3) is 0 Å². The fourth-order valence-corrected chi connectivity index (χ4v) is 1.97. The first-order valence-electron chi connectivity index (χ1n) is 6.32. The number of nitrogens with zero attached hydrogens (tertiary/aromatic N) is 4. The van der Waals surface area contributed by atoms with Crippen LogP contribution in [0.5, 0.6) is 0 Å². The number of amides is 1. The lowest BCUT2D eigenvalue weighted by atomic mass is 10.0. The second kappa shape index (κ2) is 5.69. The van der Waals surface area contributed by atoms with Crippen LogP contribution in [-0.2, 0) is 18.4 Å². The molecule has 2 aromatic rings. The first-order chi connectivity index (χ1) is 9.08. The summed E-state index contributed by atoms with van der Waals surface area (Å²) in [6.07, 6.45) is 7.05. The molecule has 0 aromatic carbocycles. The zero-order chi connectivity index (χ0) is 13.8. The Kier molecular flexibility index (Phi) is 3.99. The van der Waals surface area contributed by atoms with Gasteiger partial charge in [0, 0.05) is 31.8 Å². The molecule has 0 saturated carbocycles. The zero-order valence-electron chi connectivity index (χ0n) is 11.4. The number of hydrogen-bond acceptors (Lipinski definition) is 3. The quantitative estimate of drug-likeness (QED) is 0.877. The number of rotatable bonds is 5. The van der Waals surface area contributed by atoms with Gasteiger partial charge in [-0.05, 0) is 12.0 Å². The van der Waals surface area contributed by atoms with Crippen LogP contribution >= 0.6 is 0 Å². The first-order valence-corrected chi connectivity index (χ1v) is 6.32. The Balaban J connectivity index is 2.05. The maximum Gasteiger partial charge on any atom is 0.242 e. The Bertz CT molecular complexity index is 529. The van der Waals surface area contributed by atoms with E-state index < -0.39 is 0 Å². The van der Waals surface area contributed by atoms with E-state index >= 15 is 0 Å². The van der Waals surface area contributed by atoms with Gasteiger partial charge in [-0.15, -0.1) is 0 Å². The molecule has 0 bridgehead atoms. The van der Waals surface area contributed by atoms with E-state index in [1.807, 2.05) is 17.8 Å². The molecule has 2 rings (SSSR count). The number of imidazole rings is 1. The van der Waals surface area contributed by atoms with Crippen molar-refractivity contribution >= 4 is 5.91 Å². The summed E-state index contributed by atoms with van der Waals surface area (Å²) < 4.78 is 3.53. The summed E-state index contributed by atoms with van der Waals surface area (Å²) in [5.41, 5.74) is 0. The highest BCUT2D eigenvalue weighted by Crippen LogP contribution is 2.19. The fraction of sp³-hybridized carbons (Fsp3) is 0.462. The van der Waals surface area contributed by atoms with E-state index in [1.165, 1.54) is 0 Å². The molecule has 6 nitrogen and oxygen atoms in total. The SMILES string of the molecule is CC(C)C(NC(=O)Cn1cccn1)c1nccn1C. The summed E-state index contributed by atoms with van der Waals surface area (Å²) in [6, 6.07) is 1.70. The van der Waals surface area contributed by atoms with Crippen molar-refractivity contribution in [3.8, 4) is 0 Å². The summed E-state index contributed by atoms with van der Waals surface area (Å²) in [7, 11) is 1.93. The molecule has 1 unspecified atom stereocenters. The van der Waals surface area contributed by atoms with E-state index in [0.29, 0.717) is 0 Å². The van der Waals surface area contributed by atoms with Crippen LogP contribution in [0.1, 0.15) is 25.7 Å². The third-order valence-electron chi connectivity index (χ3n) is 2.98. The third-order valence-corrected chi connectivity index (χ3v) is 2.98. The smallest absolute Gasteiger partial charge is 0.242 e. The second-order valence-electron chi connectivity index (χ2n) is 4.89. The first kappa shape index (κ1) is 13.3. The molecule has 2 aromatic heterocycles. The number of aromatic nitrogens is 4. The molecule has 6 heteroatoms. The number of carbonyl (C=O) groups is 1. The molecule has 1 N–H and O–H groups in total. The fourth-order valence-electron chi connectivity index (χ4n) is 1.97. The highest BCUT2D eigenvalue weighted by Gasteiger charge is 2.21. The normalized spacial score (nSPS) is 12.6. The average Bonchev–Trinajstić information content (AvgIpc) is 2.97. The van der Waals surface area contributed by atoms with Crippen molar-refractivity contribution in [1.82, 2.24) is 24.6 Å². The Morgan fingerprint density at radius 3 is 2.68 bits per heavy atom. The zero-order valence-corrected chi connectivity index (χ0v) is 11.4. The van der Waals surface area contributed by atoms with Gasteiger partial charge in [-0.3, -0.25) is 9.48 Å². The largest absolute Gasteiger partial charge is 0.344 e. The highest BCUT2D eigenvalue weighted by atomic mass is 16.2. The predicted molar refractivity (Wildman–Crippen MR) is 71.2 cm³/mol. The third kappa shape index (κ3) is 3.21. The van der Waals surface area contributed by atoms with E-state index in [9.17, 15) is 4.79 Å². The summed E-state index contributed by atoms with van der Waals surface area (Å²) in [4.78, 5) is 16.3. The van der Waals surface area contributed by atoms with Gasteiger partial charge in [-0.25, -0.2) is 4.98 Å². The van der Waals surface area contributed by atoms with E-state index in [4.69, 9.17) is 0 Å². The van der Waals surface area contributed by atoms with Crippen LogP contribution in [0.2, 0.25) is 0 Å². The van der Waals surface area contributed by atoms with Crippen LogP contribution in [0.4, 0.5) is 0 Å². The Labute approximate surface area is 112 Å². The lowest BCUT2D eigenvalue weighted by molar-refractivity contribution is -0.123. The summed E-state index contributed by atoms with van der Waals surface area (Å²) >= 11 is 0. The molecule has 2 heterocycles. The van der Waals surface area contributed by atoms with Gasteiger partial charge >= 0.3 is 0 Å². The molecule has 0 aliphatic carbocycles. The average molecular weight is 261 g/mol. The van der Waals surface area contributed by atoms with Crippen LogP contribution in [-0.4, -0.2) is 25.2 Å². The molecule has 0 aliphatic heterocycles. The molecule has 0 radical (unpaired) electrons. The van der Waals surface area contributed by atoms with Crippen LogP contribution < -0.4 is 5.32 Å². The summed E-state index contributed by atoms with van der Waals surface area (Å²) in [5.74, 6) is 1.07. The topological polar surface area (TPSA) is 64.7 Å². The Hall–Kier alpha value is -2.11. The van der Waals surface area contributed by atoms with Crippen LogP contribution in [0.15, 0.2) is 30.9 Å². The molecule has 1 atom stereocenters. The van der Waals surface area contributed by atoms with Gasteiger partial charge in [0.05, 0.1) is 6.04 Å². The van der Waals surface area contributed by atoms with Gasteiger partial charge in [0.1, 0.15) is 12.4 Å². The van der Waals surface area contributed by atoms with Crippen molar-refractivity contribution < 1.29 is 4.79 Å². The van der Waals surface area contributed by atoms with Gasteiger partial charge in [-0.2, -0.15) is 5.10 Å². The number of carbonyl (C=O) groups excluding carboxylic acids is 1. The maximum atomic E-state index is 12.0. The van der Waals surface area contributed by atoms with Gasteiger partial charge in [0.2, 0.25) is 5.91 Å². The standard InChI is InChI=1S/C13H19N5O/c1-10(2)12(13-14-6-8-17(13)3)16-11(19)9-18-7-4-5-15-18/h4-8,10,12H,9H2,1-3H3,(H,16,19). The summed E-state index contributed by atoms with van der Waals surface area (Å²) in [5, 5.41) is 7.04. The monoisotopic (exact) mass is 261 g/mol. The van der Waals surface area contributed by atoms with E-state index in [-0.39, 0.29) is 24.4 Å². The second-order valence-corrected chi connectivity index (χ2v) is 4.89. The van der Waals surface area contributed by atoms with E-state index in [2.05, 4.69) is 29.2 Å². The van der Waals surface area contributed by atoms with Crippen molar-refractivity contribution in [2.24, 2.45) is 13.0 Å². The van der Waals surface area contributed by atoms with Crippen molar-refractivity contribution in [1.29, 1.82) is 0 Å². The minimum absolute atomic E-state index is 0.0644. The number of nitrogens with one attached hydrogen (secondary N) is 1. The number of hydrogen-bond donors (Lipinski definition) is 1. The minimum atomic E-state index is -0.0944. The molecule has 0 fully saturated rings.